The van der Waals surface area contributed by atoms with Crippen molar-refractivity contribution in [3.05, 3.63) is 59.3 Å². The largest absolute Gasteiger partial charge is 0.338 e. The van der Waals surface area contributed by atoms with Gasteiger partial charge >= 0.3 is 0 Å². The minimum atomic E-state index is -3.49. The molecule has 4 rings (SSSR count). The minimum absolute atomic E-state index is 0.00353. The van der Waals surface area contributed by atoms with Gasteiger partial charge in [-0.25, -0.2) is 22.8 Å². The Hall–Kier alpha value is -2.82. The molecule has 8 nitrogen and oxygen atoms in total. The Labute approximate surface area is 177 Å². The molecule has 2 N–H and O–H groups in total. The molecule has 1 amide bonds. The van der Waals surface area contributed by atoms with E-state index in [1.807, 2.05) is 4.57 Å². The maximum atomic E-state index is 13.2. The molecule has 11 heteroatoms. The molecule has 1 fully saturated rings. The van der Waals surface area contributed by atoms with Crippen LogP contribution in [0.1, 0.15) is 16.4 Å². The monoisotopic (exact) mass is 449 g/mol. The highest BCUT2D eigenvalue weighted by Crippen LogP contribution is 2.27. The normalized spacial score (nSPS) is 14.4. The van der Waals surface area contributed by atoms with Crippen molar-refractivity contribution in [2.75, 3.05) is 24.7 Å². The average Bonchev–Trinajstić information content (AvgIpc) is 3.04. The third kappa shape index (κ3) is 4.20. The minimum Gasteiger partial charge on any atom is -0.338 e. The third-order valence-electron chi connectivity index (χ3n) is 4.67. The van der Waals surface area contributed by atoms with E-state index in [2.05, 4.69) is 20.6 Å². The lowest BCUT2D eigenvalue weighted by Crippen LogP contribution is -2.43. The van der Waals surface area contributed by atoms with Crippen LogP contribution in [0.5, 0.6) is 0 Å². The first-order chi connectivity index (χ1) is 14.2. The number of benzene rings is 1. The molecule has 3 heterocycles. The van der Waals surface area contributed by atoms with Crippen LogP contribution in [0.4, 0.5) is 10.1 Å². The number of hydrogen-bond donors (Lipinski definition) is 2. The molecule has 0 atom stereocenters. The van der Waals surface area contributed by atoms with Gasteiger partial charge in [0.1, 0.15) is 0 Å². The molecule has 0 saturated carbocycles. The lowest BCUT2D eigenvalue weighted by molar-refractivity contribution is 0.102. The lowest BCUT2D eigenvalue weighted by atomic mass is 10.2. The molecule has 0 unspecified atom stereocenters. The molecule has 1 aliphatic heterocycles. The molecule has 1 saturated heterocycles. The predicted molar refractivity (Wildman–Crippen MR) is 110 cm³/mol. The van der Waals surface area contributed by atoms with E-state index in [1.54, 1.807) is 12.3 Å². The molecule has 0 radical (unpaired) electrons. The van der Waals surface area contributed by atoms with E-state index in [-0.39, 0.29) is 21.6 Å². The van der Waals surface area contributed by atoms with Crippen LogP contribution in [0.2, 0.25) is 5.02 Å². The Bertz CT molecular complexity index is 1220. The van der Waals surface area contributed by atoms with E-state index < -0.39 is 21.6 Å². The highest BCUT2D eigenvalue weighted by molar-refractivity contribution is 7.90. The van der Waals surface area contributed by atoms with Crippen molar-refractivity contribution in [2.24, 2.45) is 0 Å². The fourth-order valence-electron chi connectivity index (χ4n) is 3.05. The zero-order chi connectivity index (χ0) is 21.5. The van der Waals surface area contributed by atoms with Crippen molar-refractivity contribution in [1.29, 1.82) is 0 Å². The number of nitrogens with one attached hydrogen (secondary N) is 2. The van der Waals surface area contributed by atoms with E-state index in [0.29, 0.717) is 17.1 Å². The van der Waals surface area contributed by atoms with Crippen molar-refractivity contribution >= 4 is 33.0 Å². The molecule has 0 bridgehead atoms. The van der Waals surface area contributed by atoms with Crippen molar-refractivity contribution in [3.8, 4) is 11.5 Å². The maximum Gasteiger partial charge on any atom is 0.257 e. The van der Waals surface area contributed by atoms with Crippen molar-refractivity contribution in [3.63, 3.8) is 0 Å². The topological polar surface area (TPSA) is 106 Å². The van der Waals surface area contributed by atoms with E-state index >= 15 is 0 Å². The standard InChI is InChI=1S/C19H17ClFN5O3S/c1-30(28,29)16-4-12(20)3-14(5-16)25-19(27)11-2-17(18-23-6-13(21)7-24-18)26(10-11)15-8-22-9-15/h2-7,10,15,22H,8-9H2,1H3,(H,25,27). The number of amides is 1. The number of nitrogens with zero attached hydrogens (tertiary/aromatic N) is 3. The Morgan fingerprint density at radius 1 is 1.23 bits per heavy atom. The van der Waals surface area contributed by atoms with Crippen LogP contribution >= 0.6 is 11.6 Å². The second-order valence-electron chi connectivity index (χ2n) is 6.96. The summed E-state index contributed by atoms with van der Waals surface area (Å²) in [4.78, 5) is 20.9. The highest BCUT2D eigenvalue weighted by atomic mass is 35.5. The highest BCUT2D eigenvalue weighted by Gasteiger charge is 2.25. The number of aromatic nitrogens is 3. The van der Waals surface area contributed by atoms with Gasteiger partial charge in [0.25, 0.3) is 5.91 Å². The van der Waals surface area contributed by atoms with Gasteiger partial charge in [0.2, 0.25) is 0 Å². The van der Waals surface area contributed by atoms with Gasteiger partial charge in [-0.3, -0.25) is 4.79 Å². The first kappa shape index (κ1) is 20.5. The van der Waals surface area contributed by atoms with Gasteiger partial charge in [0.15, 0.2) is 21.5 Å². The molecule has 1 aliphatic rings. The van der Waals surface area contributed by atoms with Gasteiger partial charge in [-0.2, -0.15) is 0 Å². The molecule has 30 heavy (non-hydrogen) atoms. The van der Waals surface area contributed by atoms with Gasteiger partial charge in [-0.05, 0) is 24.3 Å². The average molecular weight is 450 g/mol. The van der Waals surface area contributed by atoms with Gasteiger partial charge in [0, 0.05) is 36.3 Å². The molecule has 2 aromatic heterocycles. The molecule has 3 aromatic rings. The van der Waals surface area contributed by atoms with Gasteiger partial charge in [-0.1, -0.05) is 11.6 Å². The zero-order valence-corrected chi connectivity index (χ0v) is 17.3. The maximum absolute atomic E-state index is 13.2. The number of halogens is 2. The number of carbonyl (C=O) groups is 1. The Morgan fingerprint density at radius 3 is 2.53 bits per heavy atom. The molecule has 1 aromatic carbocycles. The summed E-state index contributed by atoms with van der Waals surface area (Å²) < 4.78 is 38.7. The fourth-order valence-corrected chi connectivity index (χ4v) is 4.03. The first-order valence-corrected chi connectivity index (χ1v) is 11.2. The van der Waals surface area contributed by atoms with Crippen molar-refractivity contribution in [2.45, 2.75) is 10.9 Å². The third-order valence-corrected chi connectivity index (χ3v) is 5.98. The van der Waals surface area contributed by atoms with Crippen LogP contribution in [0.3, 0.4) is 0 Å². The zero-order valence-electron chi connectivity index (χ0n) is 15.8. The first-order valence-electron chi connectivity index (χ1n) is 8.93. The van der Waals surface area contributed by atoms with Crippen LogP contribution < -0.4 is 10.6 Å². The van der Waals surface area contributed by atoms with Crippen molar-refractivity contribution in [1.82, 2.24) is 19.9 Å². The molecular weight excluding hydrogens is 433 g/mol. The van der Waals surface area contributed by atoms with E-state index in [0.717, 1.165) is 31.7 Å². The van der Waals surface area contributed by atoms with Crippen LogP contribution in [0.15, 0.2) is 47.8 Å². The number of hydrogen-bond acceptors (Lipinski definition) is 6. The Morgan fingerprint density at radius 2 is 1.93 bits per heavy atom. The second kappa shape index (κ2) is 7.78. The molecule has 0 spiro atoms. The summed E-state index contributed by atoms with van der Waals surface area (Å²) in [6, 6.07) is 5.85. The summed E-state index contributed by atoms with van der Waals surface area (Å²) in [5.41, 5.74) is 1.16. The summed E-state index contributed by atoms with van der Waals surface area (Å²) >= 11 is 6.00. The summed E-state index contributed by atoms with van der Waals surface area (Å²) in [7, 11) is -3.49. The lowest BCUT2D eigenvalue weighted by Gasteiger charge is -2.30. The number of carbonyl (C=O) groups excluding carboxylic acids is 1. The Balaban J connectivity index is 1.66. The van der Waals surface area contributed by atoms with Crippen LogP contribution in [-0.4, -0.2) is 48.2 Å². The van der Waals surface area contributed by atoms with E-state index in [1.165, 1.54) is 18.2 Å². The molecule has 156 valence electrons. The summed E-state index contributed by atoms with van der Waals surface area (Å²) in [6.07, 6.45) is 4.87. The summed E-state index contributed by atoms with van der Waals surface area (Å²) in [5, 5.41) is 6.02. The quantitative estimate of drug-likeness (QED) is 0.620. The number of anilines is 1. The SMILES string of the molecule is CS(=O)(=O)c1cc(Cl)cc(NC(=O)c2cc(-c3ncc(F)cn3)n(C3CNC3)c2)c1. The smallest absolute Gasteiger partial charge is 0.257 e. The Kier molecular flexibility index (Phi) is 5.31. The number of sulfone groups is 1. The van der Waals surface area contributed by atoms with Gasteiger partial charge in [0.05, 0.1) is 34.6 Å². The predicted octanol–water partition coefficient (Wildman–Crippen LogP) is 2.54. The van der Waals surface area contributed by atoms with Crippen molar-refractivity contribution < 1.29 is 17.6 Å². The fraction of sp³-hybridized carbons (Fsp3) is 0.211. The molecule has 0 aliphatic carbocycles. The van der Waals surface area contributed by atoms with Gasteiger partial charge in [-0.15, -0.1) is 0 Å². The second-order valence-corrected chi connectivity index (χ2v) is 9.41. The number of rotatable bonds is 5. The molecular formula is C19H17ClFN5O3S. The summed E-state index contributed by atoms with van der Waals surface area (Å²) in [5.74, 6) is -0.710. The van der Waals surface area contributed by atoms with Crippen LogP contribution in [-0.2, 0) is 9.84 Å². The summed E-state index contributed by atoms with van der Waals surface area (Å²) in [6.45, 7) is 1.44. The van der Waals surface area contributed by atoms with Crippen LogP contribution in [0, 0.1) is 5.82 Å². The van der Waals surface area contributed by atoms with E-state index in [4.69, 9.17) is 11.6 Å². The van der Waals surface area contributed by atoms with E-state index in [9.17, 15) is 17.6 Å². The van der Waals surface area contributed by atoms with Crippen LogP contribution in [0.25, 0.3) is 11.5 Å². The van der Waals surface area contributed by atoms with Gasteiger partial charge < -0.3 is 15.2 Å².